The van der Waals surface area contributed by atoms with Crippen molar-refractivity contribution in [1.82, 2.24) is 15.0 Å². The van der Waals surface area contributed by atoms with Gasteiger partial charge < -0.3 is 14.2 Å². The highest BCUT2D eigenvalue weighted by Crippen LogP contribution is 2.33. The van der Waals surface area contributed by atoms with Crippen LogP contribution < -0.4 is 25.2 Å². The Morgan fingerprint density at radius 2 is 1.70 bits per heavy atom. The van der Waals surface area contributed by atoms with Gasteiger partial charge in [-0.3, -0.25) is 14.2 Å². The zero-order chi connectivity index (χ0) is 26.4. The van der Waals surface area contributed by atoms with E-state index in [9.17, 15) is 9.59 Å². The average Bonchev–Trinajstić information content (AvgIpc) is 2.92. The molecule has 11 heteroatoms. The van der Waals surface area contributed by atoms with Gasteiger partial charge in [0.2, 0.25) is 0 Å². The summed E-state index contributed by atoms with van der Waals surface area (Å²) in [6.45, 7) is 0. The molecule has 4 aromatic rings. The Morgan fingerprint density at radius 3 is 2.41 bits per heavy atom. The maximum Gasteiger partial charge on any atom is 0.266 e. The number of nitrogens with one attached hydrogen (secondary N) is 1. The molecule has 0 aliphatic carbocycles. The van der Waals surface area contributed by atoms with Gasteiger partial charge in [-0.1, -0.05) is 39.8 Å². The normalized spacial score (nSPS) is 11.0. The van der Waals surface area contributed by atoms with E-state index < -0.39 is 0 Å². The molecule has 9 nitrogen and oxygen atoms in total. The lowest BCUT2D eigenvalue weighted by atomic mass is 10.2. The van der Waals surface area contributed by atoms with E-state index in [-0.39, 0.29) is 17.2 Å². The second kappa shape index (κ2) is 11.9. The first-order valence-electron chi connectivity index (χ1n) is 11.0. The molecule has 0 saturated heterocycles. The van der Waals surface area contributed by atoms with Crippen LogP contribution >= 0.6 is 27.7 Å². The highest BCUT2D eigenvalue weighted by Gasteiger charge is 2.15. The van der Waals surface area contributed by atoms with Crippen molar-refractivity contribution < 1.29 is 19.0 Å². The summed E-state index contributed by atoms with van der Waals surface area (Å²) in [5, 5.41) is 4.93. The van der Waals surface area contributed by atoms with Gasteiger partial charge >= 0.3 is 0 Å². The minimum atomic E-state index is -0.370. The molecule has 0 spiro atoms. The third kappa shape index (κ3) is 5.95. The number of nitrogens with zero attached hydrogens (tertiary/aromatic N) is 3. The van der Waals surface area contributed by atoms with E-state index in [0.717, 1.165) is 16.2 Å². The third-order valence-corrected chi connectivity index (χ3v) is 6.76. The van der Waals surface area contributed by atoms with Gasteiger partial charge in [0.1, 0.15) is 5.75 Å². The fourth-order valence-electron chi connectivity index (χ4n) is 3.52. The molecule has 3 aromatic carbocycles. The SMILES string of the molecule is COc1cc(OC)c(OC)cc1/C=N\NC(=O)CSc1nc2ccccc2c(=O)n1-c1ccc(Br)cc1. The van der Waals surface area contributed by atoms with E-state index in [2.05, 4.69) is 31.4 Å². The smallest absolute Gasteiger partial charge is 0.266 e. The van der Waals surface area contributed by atoms with Crippen molar-refractivity contribution in [3.05, 3.63) is 81.1 Å². The van der Waals surface area contributed by atoms with Crippen molar-refractivity contribution in [3.63, 3.8) is 0 Å². The number of ether oxygens (including phenoxy) is 3. The fraction of sp³-hybridized carbons (Fsp3) is 0.154. The van der Waals surface area contributed by atoms with Crippen LogP contribution in [0.2, 0.25) is 0 Å². The maximum atomic E-state index is 13.3. The van der Waals surface area contributed by atoms with E-state index in [1.165, 1.54) is 32.1 Å². The second-order valence-corrected chi connectivity index (χ2v) is 9.42. The minimum absolute atomic E-state index is 0.0122. The standard InChI is InChI=1S/C26H23BrN4O5S/c1-34-21-13-23(36-3)22(35-2)12-16(21)14-28-30-24(32)15-37-26-29-20-7-5-4-6-19(20)25(33)31(26)18-10-8-17(27)9-11-18/h4-14H,15H2,1-3H3,(H,30,32)/b28-14-. The average molecular weight is 583 g/mol. The Kier molecular flexibility index (Phi) is 8.47. The van der Waals surface area contributed by atoms with Gasteiger partial charge in [-0.2, -0.15) is 5.10 Å². The molecule has 37 heavy (non-hydrogen) atoms. The summed E-state index contributed by atoms with van der Waals surface area (Å²) in [6, 6.07) is 17.8. The number of carbonyl (C=O) groups excluding carboxylic acids is 1. The van der Waals surface area contributed by atoms with Gasteiger partial charge in [0.15, 0.2) is 16.7 Å². The van der Waals surface area contributed by atoms with Gasteiger partial charge in [0, 0.05) is 16.1 Å². The van der Waals surface area contributed by atoms with E-state index in [1.54, 1.807) is 30.3 Å². The molecular weight excluding hydrogens is 560 g/mol. The number of benzene rings is 3. The molecule has 1 amide bonds. The highest BCUT2D eigenvalue weighted by atomic mass is 79.9. The summed E-state index contributed by atoms with van der Waals surface area (Å²) in [5.74, 6) is 1.13. The predicted octanol–water partition coefficient (Wildman–Crippen LogP) is 4.42. The van der Waals surface area contributed by atoms with E-state index in [4.69, 9.17) is 14.2 Å². The van der Waals surface area contributed by atoms with Gasteiger partial charge in [-0.05, 0) is 42.5 Å². The summed E-state index contributed by atoms with van der Waals surface area (Å²) in [4.78, 5) is 30.5. The number of amides is 1. The molecule has 1 aromatic heterocycles. The number of para-hydroxylation sites is 1. The number of thioether (sulfide) groups is 1. The first-order valence-corrected chi connectivity index (χ1v) is 12.8. The van der Waals surface area contributed by atoms with Crippen LogP contribution in [-0.4, -0.2) is 48.8 Å². The van der Waals surface area contributed by atoms with Crippen LogP contribution in [0.15, 0.2) is 80.2 Å². The minimum Gasteiger partial charge on any atom is -0.496 e. The van der Waals surface area contributed by atoms with Crippen LogP contribution in [-0.2, 0) is 4.79 Å². The fourth-order valence-corrected chi connectivity index (χ4v) is 4.59. The van der Waals surface area contributed by atoms with Gasteiger partial charge in [0.05, 0.1) is 49.9 Å². The Balaban J connectivity index is 1.54. The summed E-state index contributed by atoms with van der Waals surface area (Å²) < 4.78 is 18.4. The zero-order valence-electron chi connectivity index (χ0n) is 20.2. The van der Waals surface area contributed by atoms with Crippen molar-refractivity contribution in [1.29, 1.82) is 0 Å². The number of hydrazone groups is 1. The van der Waals surface area contributed by atoms with E-state index in [0.29, 0.717) is 44.6 Å². The summed E-state index contributed by atoms with van der Waals surface area (Å²) >= 11 is 4.56. The molecular formula is C26H23BrN4O5S. The van der Waals surface area contributed by atoms with Crippen molar-refractivity contribution in [2.45, 2.75) is 5.16 Å². The summed E-state index contributed by atoms with van der Waals surface area (Å²) in [7, 11) is 4.58. The number of rotatable bonds is 9. The Labute approximate surface area is 225 Å². The lowest BCUT2D eigenvalue weighted by Crippen LogP contribution is -2.24. The molecule has 190 valence electrons. The van der Waals surface area contributed by atoms with Gasteiger partial charge in [-0.25, -0.2) is 10.4 Å². The maximum absolute atomic E-state index is 13.3. The summed E-state index contributed by atoms with van der Waals surface area (Å²) in [5.41, 5.74) is 4.08. The molecule has 0 atom stereocenters. The van der Waals surface area contributed by atoms with Crippen molar-refractivity contribution in [3.8, 4) is 22.9 Å². The van der Waals surface area contributed by atoms with Crippen LogP contribution in [0.25, 0.3) is 16.6 Å². The van der Waals surface area contributed by atoms with Crippen molar-refractivity contribution in [2.24, 2.45) is 5.10 Å². The molecule has 0 bridgehead atoms. The number of halogens is 1. The summed E-state index contributed by atoms with van der Waals surface area (Å²) in [6.07, 6.45) is 1.45. The van der Waals surface area contributed by atoms with Crippen molar-refractivity contribution in [2.75, 3.05) is 27.1 Å². The van der Waals surface area contributed by atoms with Crippen molar-refractivity contribution >= 4 is 50.7 Å². The van der Waals surface area contributed by atoms with Crippen LogP contribution in [0, 0.1) is 0 Å². The number of aromatic nitrogens is 2. The first-order chi connectivity index (χ1) is 17.9. The molecule has 0 aliphatic rings. The number of hydrogen-bond donors (Lipinski definition) is 1. The molecule has 1 N–H and O–H groups in total. The Bertz CT molecular complexity index is 1520. The van der Waals surface area contributed by atoms with Crippen LogP contribution in [0.5, 0.6) is 17.2 Å². The van der Waals surface area contributed by atoms with E-state index in [1.807, 2.05) is 30.3 Å². The number of hydrogen-bond acceptors (Lipinski definition) is 8. The third-order valence-electron chi connectivity index (χ3n) is 5.29. The topological polar surface area (TPSA) is 104 Å². The lowest BCUT2D eigenvalue weighted by molar-refractivity contribution is -0.118. The number of fused-ring (bicyclic) bond motifs is 1. The van der Waals surface area contributed by atoms with Crippen LogP contribution in [0.1, 0.15) is 5.56 Å². The monoisotopic (exact) mass is 582 g/mol. The van der Waals surface area contributed by atoms with Gasteiger partial charge in [0.25, 0.3) is 11.5 Å². The van der Waals surface area contributed by atoms with E-state index >= 15 is 0 Å². The molecule has 4 rings (SSSR count). The predicted molar refractivity (Wildman–Crippen MR) is 148 cm³/mol. The molecule has 0 saturated carbocycles. The number of carbonyl (C=O) groups is 1. The van der Waals surface area contributed by atoms with Gasteiger partial charge in [-0.15, -0.1) is 0 Å². The largest absolute Gasteiger partial charge is 0.496 e. The first kappa shape index (κ1) is 26.2. The Morgan fingerprint density at radius 1 is 1.03 bits per heavy atom. The number of methoxy groups -OCH3 is 3. The molecule has 0 unspecified atom stereocenters. The molecule has 0 fully saturated rings. The van der Waals surface area contributed by atoms with Crippen LogP contribution in [0.3, 0.4) is 0 Å². The zero-order valence-corrected chi connectivity index (χ0v) is 22.6. The Hall–Kier alpha value is -3.83. The molecule has 0 aliphatic heterocycles. The highest BCUT2D eigenvalue weighted by molar-refractivity contribution is 9.10. The molecule has 1 heterocycles. The second-order valence-electron chi connectivity index (χ2n) is 7.56. The lowest BCUT2D eigenvalue weighted by Gasteiger charge is -2.13. The molecule has 0 radical (unpaired) electrons. The quantitative estimate of drug-likeness (QED) is 0.135. The van der Waals surface area contributed by atoms with Crippen LogP contribution in [0.4, 0.5) is 0 Å².